The second-order valence-electron chi connectivity index (χ2n) is 14.2. The van der Waals surface area contributed by atoms with Gasteiger partial charge in [-0.1, -0.05) is 176 Å². The molecule has 54 heavy (non-hydrogen) atoms. The highest BCUT2D eigenvalue weighted by Gasteiger charge is 2.17. The first kappa shape index (κ1) is 51.1. The van der Waals surface area contributed by atoms with E-state index in [0.717, 1.165) is 70.6 Å². The zero-order valence-electron chi connectivity index (χ0n) is 35.2. The molecule has 0 bridgehead atoms. The molecule has 0 aliphatic heterocycles. The first-order valence-electron chi connectivity index (χ1n) is 22.1. The number of unbranched alkanes of at least 4 members (excludes halogenated alkanes) is 14. The van der Waals surface area contributed by atoms with Gasteiger partial charge in [0.1, 0.15) is 6.61 Å². The van der Waals surface area contributed by atoms with Crippen LogP contribution in [0.25, 0.3) is 0 Å². The smallest absolute Gasteiger partial charge is 0.306 e. The Morgan fingerprint density at radius 1 is 0.426 bits per heavy atom. The van der Waals surface area contributed by atoms with Crippen LogP contribution in [0.5, 0.6) is 0 Å². The number of carbonyl (C=O) groups is 2. The average molecular weight is 751 g/mol. The Kier molecular flexibility index (Phi) is 42.1. The van der Waals surface area contributed by atoms with E-state index in [9.17, 15) is 9.59 Å². The summed E-state index contributed by atoms with van der Waals surface area (Å²) in [6.45, 7) is 7.49. The highest BCUT2D eigenvalue weighted by molar-refractivity contribution is 5.70. The van der Waals surface area contributed by atoms with Gasteiger partial charge in [-0.25, -0.2) is 0 Å². The van der Waals surface area contributed by atoms with Crippen molar-refractivity contribution in [2.24, 2.45) is 0 Å². The molecule has 0 radical (unpaired) electrons. The largest absolute Gasteiger partial charge is 0.462 e. The summed E-state index contributed by atoms with van der Waals surface area (Å²) in [5, 5.41) is 0. The summed E-state index contributed by atoms with van der Waals surface area (Å²) >= 11 is 0. The van der Waals surface area contributed by atoms with Gasteiger partial charge in [0, 0.05) is 19.4 Å². The minimum Gasteiger partial charge on any atom is -0.462 e. The monoisotopic (exact) mass is 751 g/mol. The van der Waals surface area contributed by atoms with E-state index in [0.29, 0.717) is 25.9 Å². The first-order valence-corrected chi connectivity index (χ1v) is 22.1. The van der Waals surface area contributed by atoms with E-state index in [1.807, 2.05) is 6.08 Å². The normalized spacial score (nSPS) is 13.0. The second-order valence-corrected chi connectivity index (χ2v) is 14.2. The van der Waals surface area contributed by atoms with Gasteiger partial charge in [0.25, 0.3) is 0 Å². The molecule has 1 unspecified atom stereocenters. The molecule has 0 saturated carbocycles. The molecular weight excluding hydrogens is 669 g/mol. The maximum atomic E-state index is 12.5. The van der Waals surface area contributed by atoms with Gasteiger partial charge in [0.05, 0.1) is 6.61 Å². The summed E-state index contributed by atoms with van der Waals surface area (Å²) < 4.78 is 17.1. The quantitative estimate of drug-likeness (QED) is 0.0356. The summed E-state index contributed by atoms with van der Waals surface area (Å²) in [7, 11) is 0. The van der Waals surface area contributed by atoms with E-state index in [4.69, 9.17) is 14.2 Å². The SMILES string of the molecule is CC/C=C\C/C=C\C/C=C\C/C=C\CCC(=O)OCC(COCCCCCCCCC/C=C\C/C=C\C/C=C\CCCCC)OC(=O)CCCCCCC. The van der Waals surface area contributed by atoms with Crippen LogP contribution in [-0.4, -0.2) is 37.9 Å². The predicted molar refractivity (Wildman–Crippen MR) is 233 cm³/mol. The number of ether oxygens (including phenoxy) is 3. The van der Waals surface area contributed by atoms with Crippen LogP contribution in [0.1, 0.15) is 188 Å². The Balaban J connectivity index is 4.16. The van der Waals surface area contributed by atoms with E-state index in [1.54, 1.807) is 0 Å². The van der Waals surface area contributed by atoms with E-state index < -0.39 is 6.10 Å². The second kappa shape index (κ2) is 44.5. The molecule has 308 valence electrons. The van der Waals surface area contributed by atoms with Crippen molar-refractivity contribution in [3.8, 4) is 0 Å². The Bertz CT molecular complexity index is 1030. The zero-order valence-corrected chi connectivity index (χ0v) is 35.2. The van der Waals surface area contributed by atoms with E-state index in [1.165, 1.54) is 77.0 Å². The van der Waals surface area contributed by atoms with Crippen LogP contribution in [0.2, 0.25) is 0 Å². The van der Waals surface area contributed by atoms with Crippen LogP contribution < -0.4 is 0 Å². The Labute approximate surface area is 333 Å². The van der Waals surface area contributed by atoms with E-state index in [2.05, 4.69) is 99.8 Å². The zero-order chi connectivity index (χ0) is 39.3. The summed E-state index contributed by atoms with van der Waals surface area (Å²) in [6, 6.07) is 0. The molecule has 0 fully saturated rings. The van der Waals surface area contributed by atoms with Crippen molar-refractivity contribution in [3.63, 3.8) is 0 Å². The molecule has 0 aromatic heterocycles. The molecule has 5 nitrogen and oxygen atoms in total. The van der Waals surface area contributed by atoms with Crippen LogP contribution >= 0.6 is 0 Å². The van der Waals surface area contributed by atoms with Crippen molar-refractivity contribution in [1.82, 2.24) is 0 Å². The fourth-order valence-electron chi connectivity index (χ4n) is 5.65. The Morgan fingerprint density at radius 3 is 1.44 bits per heavy atom. The molecule has 0 rings (SSSR count). The number of rotatable bonds is 39. The van der Waals surface area contributed by atoms with Crippen LogP contribution in [0.3, 0.4) is 0 Å². The van der Waals surface area contributed by atoms with E-state index in [-0.39, 0.29) is 25.2 Å². The van der Waals surface area contributed by atoms with Crippen molar-refractivity contribution in [1.29, 1.82) is 0 Å². The number of carbonyl (C=O) groups excluding carboxylic acids is 2. The van der Waals surface area contributed by atoms with Gasteiger partial charge in [-0.05, 0) is 83.5 Å². The van der Waals surface area contributed by atoms with Gasteiger partial charge >= 0.3 is 11.9 Å². The molecule has 1 atom stereocenters. The number of hydrogen-bond donors (Lipinski definition) is 0. The fourth-order valence-corrected chi connectivity index (χ4v) is 5.65. The minimum absolute atomic E-state index is 0.0390. The molecule has 0 aromatic carbocycles. The van der Waals surface area contributed by atoms with Gasteiger partial charge in [0.15, 0.2) is 6.10 Å². The molecule has 0 saturated heterocycles. The lowest BCUT2D eigenvalue weighted by atomic mass is 10.1. The van der Waals surface area contributed by atoms with Crippen LogP contribution in [0.15, 0.2) is 85.1 Å². The molecule has 5 heteroatoms. The van der Waals surface area contributed by atoms with Gasteiger partial charge in [0.2, 0.25) is 0 Å². The van der Waals surface area contributed by atoms with Gasteiger partial charge in [-0.15, -0.1) is 0 Å². The highest BCUT2D eigenvalue weighted by Crippen LogP contribution is 2.11. The lowest BCUT2D eigenvalue weighted by molar-refractivity contribution is -0.162. The average Bonchev–Trinajstić information content (AvgIpc) is 3.17. The lowest BCUT2D eigenvalue weighted by Crippen LogP contribution is -2.30. The fraction of sp³-hybridized carbons (Fsp3) is 0.673. The van der Waals surface area contributed by atoms with Gasteiger partial charge in [-0.3, -0.25) is 9.59 Å². The molecule has 0 spiro atoms. The number of esters is 2. The third-order valence-corrected chi connectivity index (χ3v) is 8.93. The number of allylic oxidation sites excluding steroid dienone is 14. The summed E-state index contributed by atoms with van der Waals surface area (Å²) in [6.07, 6.45) is 57.7. The standard InChI is InChI=1S/C49H82O5/c1-4-7-10-13-15-17-19-21-22-23-24-25-26-27-29-31-33-35-38-41-44-52-45-47(54-49(51)43-40-36-12-9-6-3)46-53-48(50)42-39-37-34-32-30-28-20-18-16-14-11-8-5-2/h8,11,15-18,21-22,24-25,28,30,34,37,47H,4-7,9-10,12-14,19-20,23,26-27,29,31-33,35-36,38-46H2,1-3H3/b11-8-,17-15-,18-16-,22-21-,25-24-,30-28-,37-34-. The van der Waals surface area contributed by atoms with Crippen molar-refractivity contribution in [3.05, 3.63) is 85.1 Å². The Hall–Kier alpha value is -2.92. The van der Waals surface area contributed by atoms with Crippen molar-refractivity contribution >= 4 is 11.9 Å². The molecule has 0 aliphatic carbocycles. The highest BCUT2D eigenvalue weighted by atomic mass is 16.6. The maximum absolute atomic E-state index is 12.5. The van der Waals surface area contributed by atoms with Crippen LogP contribution in [0, 0.1) is 0 Å². The maximum Gasteiger partial charge on any atom is 0.306 e. The van der Waals surface area contributed by atoms with E-state index >= 15 is 0 Å². The van der Waals surface area contributed by atoms with Crippen molar-refractivity contribution in [2.75, 3.05) is 19.8 Å². The van der Waals surface area contributed by atoms with Crippen molar-refractivity contribution in [2.45, 2.75) is 194 Å². The summed E-state index contributed by atoms with van der Waals surface area (Å²) in [5.74, 6) is -0.516. The molecule has 0 heterocycles. The summed E-state index contributed by atoms with van der Waals surface area (Å²) in [4.78, 5) is 24.9. The van der Waals surface area contributed by atoms with Gasteiger partial charge in [-0.2, -0.15) is 0 Å². The van der Waals surface area contributed by atoms with Crippen LogP contribution in [-0.2, 0) is 23.8 Å². The first-order chi connectivity index (χ1) is 26.6. The Morgan fingerprint density at radius 2 is 0.870 bits per heavy atom. The molecular formula is C49H82O5. The molecule has 0 N–H and O–H groups in total. The summed E-state index contributed by atoms with van der Waals surface area (Å²) in [5.41, 5.74) is 0. The molecule has 0 aliphatic rings. The lowest BCUT2D eigenvalue weighted by Gasteiger charge is -2.18. The predicted octanol–water partition coefficient (Wildman–Crippen LogP) is 14.6. The number of hydrogen-bond acceptors (Lipinski definition) is 5. The topological polar surface area (TPSA) is 61.8 Å². The van der Waals surface area contributed by atoms with Crippen molar-refractivity contribution < 1.29 is 23.8 Å². The third kappa shape index (κ3) is 41.8. The minimum atomic E-state index is -0.568. The molecule has 0 amide bonds. The molecule has 0 aromatic rings. The van der Waals surface area contributed by atoms with Crippen LogP contribution in [0.4, 0.5) is 0 Å². The third-order valence-electron chi connectivity index (χ3n) is 8.93. The van der Waals surface area contributed by atoms with Gasteiger partial charge < -0.3 is 14.2 Å².